The van der Waals surface area contributed by atoms with E-state index in [1.807, 2.05) is 0 Å². The highest BCUT2D eigenvalue weighted by atomic mass is 16.4. The second kappa shape index (κ2) is 11.7. The summed E-state index contributed by atoms with van der Waals surface area (Å²) in [7, 11) is 0. The SMILES string of the molecule is O=C[C@H](CC(=O)O)NC(=O)CN1C(=O)[C@@H](NC(=O)c2ccc(=O)[nH]c2)CN(C(=O)CO)c2ccccc21. The fourth-order valence-corrected chi connectivity index (χ4v) is 3.69. The minimum Gasteiger partial charge on any atom is -0.481 e. The van der Waals surface area contributed by atoms with Crippen LogP contribution in [0.15, 0.2) is 47.4 Å². The van der Waals surface area contributed by atoms with Crippen LogP contribution >= 0.6 is 0 Å². The van der Waals surface area contributed by atoms with Crippen LogP contribution in [0.4, 0.5) is 11.4 Å². The van der Waals surface area contributed by atoms with Crippen molar-refractivity contribution in [1.29, 1.82) is 0 Å². The molecular formula is C23H23N5O9. The molecule has 0 bridgehead atoms. The lowest BCUT2D eigenvalue weighted by atomic mass is 10.2. The number of aromatic amines is 1. The molecule has 0 radical (unpaired) electrons. The number of nitrogens with one attached hydrogen (secondary N) is 3. The average molecular weight is 513 g/mol. The maximum absolute atomic E-state index is 13.6. The molecule has 0 spiro atoms. The van der Waals surface area contributed by atoms with Gasteiger partial charge in [-0.15, -0.1) is 0 Å². The van der Waals surface area contributed by atoms with Gasteiger partial charge < -0.3 is 35.5 Å². The number of carbonyl (C=O) groups excluding carboxylic acids is 5. The van der Waals surface area contributed by atoms with Gasteiger partial charge in [0.25, 0.3) is 17.7 Å². The van der Waals surface area contributed by atoms with Gasteiger partial charge in [-0.2, -0.15) is 0 Å². The topological polar surface area (TPSA) is 206 Å². The molecule has 1 aliphatic rings. The van der Waals surface area contributed by atoms with Crippen LogP contribution in [0.1, 0.15) is 16.8 Å². The Kier molecular flexibility index (Phi) is 8.47. The number of benzene rings is 1. The Morgan fingerprint density at radius 1 is 1.11 bits per heavy atom. The molecule has 0 saturated heterocycles. The van der Waals surface area contributed by atoms with Crippen LogP contribution in [-0.4, -0.2) is 82.9 Å². The number of para-hydroxylation sites is 2. The van der Waals surface area contributed by atoms with Crippen LogP contribution < -0.4 is 26.0 Å². The Bertz CT molecular complexity index is 1270. The summed E-state index contributed by atoms with van der Waals surface area (Å²) in [6.45, 7) is -1.97. The van der Waals surface area contributed by atoms with Crippen LogP contribution in [-0.2, 0) is 24.0 Å². The van der Waals surface area contributed by atoms with E-state index < -0.39 is 73.4 Å². The fourth-order valence-electron chi connectivity index (χ4n) is 3.69. The van der Waals surface area contributed by atoms with Crippen molar-refractivity contribution in [2.24, 2.45) is 0 Å². The van der Waals surface area contributed by atoms with E-state index in [0.29, 0.717) is 0 Å². The minimum absolute atomic E-state index is 0.0148. The molecule has 0 fully saturated rings. The van der Waals surface area contributed by atoms with Crippen molar-refractivity contribution in [3.63, 3.8) is 0 Å². The van der Waals surface area contributed by atoms with Gasteiger partial charge in [-0.3, -0.25) is 33.7 Å². The molecule has 37 heavy (non-hydrogen) atoms. The molecule has 1 aromatic carbocycles. The molecule has 1 aromatic heterocycles. The predicted molar refractivity (Wildman–Crippen MR) is 127 cm³/mol. The molecule has 14 nitrogen and oxygen atoms in total. The van der Waals surface area contributed by atoms with Gasteiger partial charge in [0.05, 0.1) is 35.9 Å². The summed E-state index contributed by atoms with van der Waals surface area (Å²) in [4.78, 5) is 89.4. The van der Waals surface area contributed by atoms with Gasteiger partial charge in [0, 0.05) is 12.3 Å². The molecule has 2 heterocycles. The van der Waals surface area contributed by atoms with Crippen molar-refractivity contribution in [1.82, 2.24) is 15.6 Å². The summed E-state index contributed by atoms with van der Waals surface area (Å²) >= 11 is 0. The number of amides is 4. The first-order chi connectivity index (χ1) is 17.6. The van der Waals surface area contributed by atoms with E-state index in [9.17, 15) is 38.7 Å². The number of H-pyrrole nitrogens is 1. The van der Waals surface area contributed by atoms with E-state index in [2.05, 4.69) is 15.6 Å². The fraction of sp³-hybridized carbons (Fsp3) is 0.261. The quantitative estimate of drug-likeness (QED) is 0.235. The van der Waals surface area contributed by atoms with E-state index in [-0.39, 0.29) is 23.2 Å². The summed E-state index contributed by atoms with van der Waals surface area (Å²) in [5, 5.41) is 23.1. The van der Waals surface area contributed by atoms with Crippen LogP contribution in [0.5, 0.6) is 0 Å². The van der Waals surface area contributed by atoms with Crippen molar-refractivity contribution in [3.8, 4) is 0 Å². The number of rotatable bonds is 9. The highest BCUT2D eigenvalue weighted by Gasteiger charge is 2.37. The first-order valence-electron chi connectivity index (χ1n) is 10.9. The predicted octanol–water partition coefficient (Wildman–Crippen LogP) is -2.00. The molecule has 14 heteroatoms. The lowest BCUT2D eigenvalue weighted by Gasteiger charge is -2.25. The van der Waals surface area contributed by atoms with Crippen molar-refractivity contribution in [2.75, 3.05) is 29.5 Å². The van der Waals surface area contributed by atoms with Crippen LogP contribution in [0, 0.1) is 0 Å². The molecule has 2 aromatic rings. The monoisotopic (exact) mass is 513 g/mol. The Hall–Kier alpha value is -4.85. The third kappa shape index (κ3) is 6.43. The number of nitrogens with zero attached hydrogens (tertiary/aromatic N) is 2. The van der Waals surface area contributed by atoms with Gasteiger partial charge in [0.1, 0.15) is 25.5 Å². The first-order valence-corrected chi connectivity index (χ1v) is 10.9. The average Bonchev–Trinajstić information content (AvgIpc) is 2.98. The van der Waals surface area contributed by atoms with E-state index >= 15 is 0 Å². The highest BCUT2D eigenvalue weighted by molar-refractivity contribution is 6.11. The molecule has 194 valence electrons. The van der Waals surface area contributed by atoms with Gasteiger partial charge in [-0.1, -0.05) is 12.1 Å². The molecule has 0 unspecified atom stereocenters. The number of hydrogen-bond acceptors (Lipinski definition) is 8. The number of carboxylic acid groups (broad SMARTS) is 1. The maximum atomic E-state index is 13.6. The Morgan fingerprint density at radius 2 is 1.81 bits per heavy atom. The van der Waals surface area contributed by atoms with Crippen LogP contribution in [0.25, 0.3) is 0 Å². The smallest absolute Gasteiger partial charge is 0.305 e. The number of aliphatic hydroxyl groups is 1. The number of aromatic nitrogens is 1. The van der Waals surface area contributed by atoms with Crippen molar-refractivity contribution < 1.29 is 39.0 Å². The molecule has 5 N–H and O–H groups in total. The number of aliphatic carboxylic acids is 1. The summed E-state index contributed by atoms with van der Waals surface area (Å²) in [6, 6.07) is 5.63. The lowest BCUT2D eigenvalue weighted by molar-refractivity contribution is -0.139. The number of pyridine rings is 1. The number of aliphatic hydroxyl groups excluding tert-OH is 1. The Morgan fingerprint density at radius 3 is 2.41 bits per heavy atom. The van der Waals surface area contributed by atoms with Gasteiger partial charge in [-0.25, -0.2) is 0 Å². The van der Waals surface area contributed by atoms with Gasteiger partial charge in [0.15, 0.2) is 0 Å². The zero-order chi connectivity index (χ0) is 27.1. The number of carboxylic acids is 1. The van der Waals surface area contributed by atoms with E-state index in [4.69, 9.17) is 5.11 Å². The third-order valence-corrected chi connectivity index (χ3v) is 5.39. The zero-order valence-electron chi connectivity index (χ0n) is 19.2. The highest BCUT2D eigenvalue weighted by Crippen LogP contribution is 2.32. The molecule has 3 rings (SSSR count). The largest absolute Gasteiger partial charge is 0.481 e. The molecular weight excluding hydrogens is 490 g/mol. The second-order valence-electron chi connectivity index (χ2n) is 7.95. The van der Waals surface area contributed by atoms with Crippen molar-refractivity contribution >= 4 is 47.3 Å². The zero-order valence-corrected chi connectivity index (χ0v) is 19.2. The van der Waals surface area contributed by atoms with Crippen LogP contribution in [0.3, 0.4) is 0 Å². The first kappa shape index (κ1) is 26.7. The van der Waals surface area contributed by atoms with E-state index in [1.165, 1.54) is 24.3 Å². The van der Waals surface area contributed by atoms with E-state index in [1.54, 1.807) is 6.07 Å². The van der Waals surface area contributed by atoms with Gasteiger partial charge in [-0.05, 0) is 18.2 Å². The van der Waals surface area contributed by atoms with Gasteiger partial charge >= 0.3 is 5.97 Å². The minimum atomic E-state index is -1.39. The summed E-state index contributed by atoms with van der Waals surface area (Å²) in [6.07, 6.45) is 0.715. The molecule has 1 aliphatic heterocycles. The Labute approximate surface area is 208 Å². The van der Waals surface area contributed by atoms with Gasteiger partial charge in [0.2, 0.25) is 11.5 Å². The number of carbonyl (C=O) groups is 6. The summed E-state index contributed by atoms with van der Waals surface area (Å²) in [5.74, 6) is -4.53. The second-order valence-corrected chi connectivity index (χ2v) is 7.95. The van der Waals surface area contributed by atoms with Crippen molar-refractivity contribution in [3.05, 3.63) is 58.5 Å². The number of fused-ring (bicyclic) bond motifs is 1. The third-order valence-electron chi connectivity index (χ3n) is 5.39. The number of hydrogen-bond donors (Lipinski definition) is 5. The molecule has 2 atom stereocenters. The molecule has 0 aliphatic carbocycles. The normalized spacial score (nSPS) is 15.7. The maximum Gasteiger partial charge on any atom is 0.305 e. The van der Waals surface area contributed by atoms with Crippen molar-refractivity contribution in [2.45, 2.75) is 18.5 Å². The number of aldehydes is 1. The van der Waals surface area contributed by atoms with E-state index in [0.717, 1.165) is 22.1 Å². The van der Waals surface area contributed by atoms with Crippen LogP contribution in [0.2, 0.25) is 0 Å². The Balaban J connectivity index is 1.96. The molecule has 4 amide bonds. The summed E-state index contributed by atoms with van der Waals surface area (Å²) in [5.41, 5.74) is -0.168. The standard InChI is InChI=1S/C23H23N5O9/c29-11-14(7-21(34)35)25-19(32)10-28-17-4-2-1-3-16(17)27(20(33)12-30)9-15(23(28)37)26-22(36)13-5-6-18(31)24-8-13/h1-6,8,11,14-15,30H,7,9-10,12H2,(H,24,31)(H,25,32)(H,26,36)(H,34,35)/t14-,15-/m0/s1. The lowest BCUT2D eigenvalue weighted by Crippen LogP contribution is -2.55. The number of anilines is 2. The molecule has 0 saturated carbocycles. The summed E-state index contributed by atoms with van der Waals surface area (Å²) < 4.78 is 0.